The number of hydrogen-bond acceptors (Lipinski definition) is 4. The van der Waals surface area contributed by atoms with E-state index in [0.717, 1.165) is 35.1 Å². The molecule has 0 spiro atoms. The van der Waals surface area contributed by atoms with Gasteiger partial charge in [-0.3, -0.25) is 9.59 Å². The highest BCUT2D eigenvalue weighted by atomic mass is 16.1. The van der Waals surface area contributed by atoms with Gasteiger partial charge in [-0.25, -0.2) is 0 Å². The van der Waals surface area contributed by atoms with Gasteiger partial charge in [0.15, 0.2) is 0 Å². The zero-order valence-electron chi connectivity index (χ0n) is 29.9. The molecule has 0 fully saturated rings. The quantitative estimate of drug-likeness (QED) is 0.107. The average molecular weight is 645 g/mol. The van der Waals surface area contributed by atoms with Gasteiger partial charge in [0.1, 0.15) is 0 Å². The Morgan fingerprint density at radius 3 is 1.23 bits per heavy atom. The Bertz CT molecular complexity index is 1560. The van der Waals surface area contributed by atoms with Crippen LogP contribution < -0.4 is 21.5 Å². The predicted octanol–water partition coefficient (Wildman–Crippen LogP) is 9.88. The molecule has 3 rings (SSSR count). The normalized spacial score (nSPS) is 10.4. The lowest BCUT2D eigenvalue weighted by Crippen LogP contribution is -2.06. The van der Waals surface area contributed by atoms with Crippen LogP contribution in [0.1, 0.15) is 138 Å². The first-order chi connectivity index (χ1) is 23.5. The molecule has 0 aliphatic carbocycles. The Labute approximate surface area is 290 Å². The van der Waals surface area contributed by atoms with E-state index >= 15 is 0 Å². The monoisotopic (exact) mass is 644 g/mol. The summed E-state index contributed by atoms with van der Waals surface area (Å²) < 4.78 is 0. The molecule has 0 amide bonds. The standard InChI is InChI=1S/C44H56N2O2/c1-5-9-11-13-15-17-19-37-33-39(27-21-35-23-29-41(45-7-3)43(47)31-25-35)40(34-38(37)20-18-16-14-12-10-6-2)28-22-36-24-30-42(46-8-4)44(48)32-26-36/h23-26,29-34H,5-20H2,1-4H3,(H,45,47)(H,46,48). The number of nitrogens with one attached hydrogen (secondary N) is 2. The van der Waals surface area contributed by atoms with Gasteiger partial charge in [-0.2, -0.15) is 0 Å². The van der Waals surface area contributed by atoms with Crippen molar-refractivity contribution in [1.29, 1.82) is 0 Å². The van der Waals surface area contributed by atoms with Crippen molar-refractivity contribution in [3.8, 4) is 23.7 Å². The predicted molar refractivity (Wildman–Crippen MR) is 206 cm³/mol. The first-order valence-electron chi connectivity index (χ1n) is 18.4. The summed E-state index contributed by atoms with van der Waals surface area (Å²) in [7, 11) is 0. The molecule has 4 heteroatoms. The number of anilines is 2. The van der Waals surface area contributed by atoms with Crippen LogP contribution >= 0.6 is 0 Å². The van der Waals surface area contributed by atoms with E-state index in [-0.39, 0.29) is 10.9 Å². The minimum atomic E-state index is -0.0497. The molecule has 0 atom stereocenters. The van der Waals surface area contributed by atoms with Gasteiger partial charge in [-0.15, -0.1) is 0 Å². The minimum absolute atomic E-state index is 0.0497. The molecule has 0 unspecified atom stereocenters. The zero-order chi connectivity index (χ0) is 34.4. The maximum atomic E-state index is 12.5. The molecule has 3 aromatic rings. The van der Waals surface area contributed by atoms with Crippen molar-refractivity contribution in [2.75, 3.05) is 23.7 Å². The third kappa shape index (κ3) is 13.4. The van der Waals surface area contributed by atoms with E-state index in [9.17, 15) is 9.59 Å². The summed E-state index contributed by atoms with van der Waals surface area (Å²) >= 11 is 0. The number of rotatable bonds is 18. The lowest BCUT2D eigenvalue weighted by molar-refractivity contribution is 0.599. The van der Waals surface area contributed by atoms with Crippen molar-refractivity contribution in [2.45, 2.75) is 118 Å². The van der Waals surface area contributed by atoms with E-state index in [1.807, 2.05) is 38.1 Å². The number of benzene rings is 1. The fourth-order valence-electron chi connectivity index (χ4n) is 5.80. The molecule has 0 saturated carbocycles. The fraction of sp³-hybridized carbons (Fsp3) is 0.455. The van der Waals surface area contributed by atoms with Crippen molar-refractivity contribution in [3.05, 3.63) is 114 Å². The smallest absolute Gasteiger partial charge is 0.201 e. The van der Waals surface area contributed by atoms with Crippen LogP contribution in [0.3, 0.4) is 0 Å². The summed E-state index contributed by atoms with van der Waals surface area (Å²) in [6.07, 6.45) is 17.2. The second kappa shape index (κ2) is 22.3. The van der Waals surface area contributed by atoms with Crippen LogP contribution in [0, 0.1) is 23.7 Å². The molecule has 0 bridgehead atoms. The van der Waals surface area contributed by atoms with Crippen molar-refractivity contribution < 1.29 is 0 Å². The van der Waals surface area contributed by atoms with Gasteiger partial charge < -0.3 is 10.6 Å². The summed E-state index contributed by atoms with van der Waals surface area (Å²) in [5, 5.41) is 6.26. The van der Waals surface area contributed by atoms with Crippen molar-refractivity contribution >= 4 is 11.4 Å². The highest BCUT2D eigenvalue weighted by molar-refractivity contribution is 5.58. The Hall–Kier alpha value is -4.28. The van der Waals surface area contributed by atoms with Crippen LogP contribution in [0.15, 0.2) is 70.3 Å². The second-order valence-electron chi connectivity index (χ2n) is 12.6. The summed E-state index contributed by atoms with van der Waals surface area (Å²) in [4.78, 5) is 25.0. The topological polar surface area (TPSA) is 58.2 Å². The SMILES string of the molecule is CCCCCCCCc1cc(C#Cc2ccc(NCC)c(=O)cc2)c(C#Cc2ccc(NCC)c(=O)cc2)cc1CCCCCCCC. The van der Waals surface area contributed by atoms with Crippen LogP contribution in [0.4, 0.5) is 11.4 Å². The number of aryl methyl sites for hydroxylation is 2. The first-order valence-corrected chi connectivity index (χ1v) is 18.4. The van der Waals surface area contributed by atoms with E-state index < -0.39 is 0 Å². The summed E-state index contributed by atoms with van der Waals surface area (Å²) in [6, 6.07) is 18.7. The molecule has 2 N–H and O–H groups in total. The van der Waals surface area contributed by atoms with Gasteiger partial charge in [-0.05, 0) is 111 Å². The third-order valence-corrected chi connectivity index (χ3v) is 8.58. The van der Waals surface area contributed by atoms with Crippen LogP contribution in [0.25, 0.3) is 0 Å². The lowest BCUT2D eigenvalue weighted by Gasteiger charge is -2.13. The highest BCUT2D eigenvalue weighted by Gasteiger charge is 2.09. The molecule has 48 heavy (non-hydrogen) atoms. The van der Waals surface area contributed by atoms with Crippen LogP contribution in [0.2, 0.25) is 0 Å². The molecule has 0 aliphatic heterocycles. The molecule has 0 aromatic heterocycles. The summed E-state index contributed by atoms with van der Waals surface area (Å²) in [5.41, 5.74) is 7.15. The average Bonchev–Trinajstić information content (AvgIpc) is 3.38. The van der Waals surface area contributed by atoms with Crippen LogP contribution in [-0.2, 0) is 12.8 Å². The molecule has 0 saturated heterocycles. The van der Waals surface area contributed by atoms with E-state index in [4.69, 9.17) is 0 Å². The highest BCUT2D eigenvalue weighted by Crippen LogP contribution is 2.22. The fourth-order valence-corrected chi connectivity index (χ4v) is 5.80. The first kappa shape index (κ1) is 38.2. The van der Waals surface area contributed by atoms with Gasteiger partial charge in [0.2, 0.25) is 10.9 Å². The number of unbranched alkanes of at least 4 members (excludes halogenated alkanes) is 10. The van der Waals surface area contributed by atoms with E-state index in [0.29, 0.717) is 24.5 Å². The zero-order valence-corrected chi connectivity index (χ0v) is 29.9. The Morgan fingerprint density at radius 1 is 0.458 bits per heavy atom. The van der Waals surface area contributed by atoms with Gasteiger partial charge in [0, 0.05) is 35.3 Å². The van der Waals surface area contributed by atoms with Gasteiger partial charge in [0.25, 0.3) is 0 Å². The molecule has 254 valence electrons. The van der Waals surface area contributed by atoms with Gasteiger partial charge in [0.05, 0.1) is 11.4 Å². The third-order valence-electron chi connectivity index (χ3n) is 8.58. The van der Waals surface area contributed by atoms with Crippen molar-refractivity contribution in [2.24, 2.45) is 0 Å². The molecular weight excluding hydrogens is 588 g/mol. The van der Waals surface area contributed by atoms with Gasteiger partial charge >= 0.3 is 0 Å². The lowest BCUT2D eigenvalue weighted by atomic mass is 9.91. The molecular formula is C44H56N2O2. The van der Waals surface area contributed by atoms with Crippen LogP contribution in [0.5, 0.6) is 0 Å². The van der Waals surface area contributed by atoms with Crippen molar-refractivity contribution in [1.82, 2.24) is 0 Å². The van der Waals surface area contributed by atoms with Crippen LogP contribution in [-0.4, -0.2) is 13.1 Å². The maximum Gasteiger partial charge on any atom is 0.201 e. The van der Waals surface area contributed by atoms with Gasteiger partial charge in [-0.1, -0.05) is 102 Å². The van der Waals surface area contributed by atoms with E-state index in [1.165, 1.54) is 88.2 Å². The Morgan fingerprint density at radius 2 is 0.833 bits per heavy atom. The number of hydrogen-bond donors (Lipinski definition) is 2. The Balaban J connectivity index is 2.05. The summed E-state index contributed by atoms with van der Waals surface area (Å²) in [6.45, 7) is 9.84. The molecule has 0 radical (unpaired) electrons. The minimum Gasteiger partial charge on any atom is -0.382 e. The molecule has 0 heterocycles. The molecule has 3 aromatic carbocycles. The summed E-state index contributed by atoms with van der Waals surface area (Å²) in [5.74, 6) is 13.5. The second-order valence-corrected chi connectivity index (χ2v) is 12.6. The Kier molecular flexibility index (Phi) is 17.7. The maximum absolute atomic E-state index is 12.5. The van der Waals surface area contributed by atoms with Crippen molar-refractivity contribution in [3.63, 3.8) is 0 Å². The molecule has 0 aliphatic rings. The molecule has 4 nitrogen and oxygen atoms in total. The largest absolute Gasteiger partial charge is 0.382 e. The van der Waals surface area contributed by atoms with E-state index in [1.54, 1.807) is 24.3 Å². The van der Waals surface area contributed by atoms with E-state index in [2.05, 4.69) is 60.3 Å².